The largest absolute Gasteiger partial charge is 0.495 e. The third-order valence-corrected chi connectivity index (χ3v) is 4.28. The Bertz CT molecular complexity index is 925. The Morgan fingerprint density at radius 3 is 3.05 bits per heavy atom. The van der Waals surface area contributed by atoms with E-state index < -0.39 is 0 Å². The summed E-state index contributed by atoms with van der Waals surface area (Å²) in [7, 11) is 1.67. The molecule has 1 aromatic carbocycles. The van der Waals surface area contributed by atoms with Gasteiger partial charge in [-0.3, -0.25) is 0 Å². The number of rotatable bonds is 3. The summed E-state index contributed by atoms with van der Waals surface area (Å²) in [6.07, 6.45) is 4.81. The van der Waals surface area contributed by atoms with Crippen molar-refractivity contribution in [1.82, 2.24) is 14.4 Å². The molecule has 4 nitrogen and oxygen atoms in total. The minimum absolute atomic E-state index is 0.817. The second-order valence-corrected chi connectivity index (χ2v) is 5.78. The summed E-state index contributed by atoms with van der Waals surface area (Å²) in [5, 5.41) is 0. The van der Waals surface area contributed by atoms with E-state index in [1.54, 1.807) is 18.4 Å². The first-order valence-corrected chi connectivity index (χ1v) is 7.53. The Kier molecular flexibility index (Phi) is 2.86. The molecule has 0 fully saturated rings. The number of imidazole rings is 1. The fourth-order valence-corrected chi connectivity index (χ4v) is 3.19. The predicted molar refractivity (Wildman–Crippen MR) is 84.2 cm³/mol. The lowest BCUT2D eigenvalue weighted by Gasteiger charge is -1.98. The van der Waals surface area contributed by atoms with Crippen LogP contribution >= 0.6 is 11.3 Å². The van der Waals surface area contributed by atoms with Crippen molar-refractivity contribution in [3.8, 4) is 5.75 Å². The molecule has 4 aromatic rings. The first-order chi connectivity index (χ1) is 10.3. The van der Waals surface area contributed by atoms with Crippen molar-refractivity contribution in [2.75, 3.05) is 7.11 Å². The highest BCUT2D eigenvalue weighted by atomic mass is 32.1. The molecule has 0 saturated heterocycles. The fourth-order valence-electron chi connectivity index (χ4n) is 2.45. The maximum atomic E-state index is 5.23. The number of benzene rings is 1. The van der Waals surface area contributed by atoms with Crippen LogP contribution in [0, 0.1) is 0 Å². The van der Waals surface area contributed by atoms with Crippen molar-refractivity contribution in [2.24, 2.45) is 0 Å². The molecular weight excluding hydrogens is 282 g/mol. The molecule has 0 aliphatic heterocycles. The molecule has 0 atom stereocenters. The number of hydrogen-bond donors (Lipinski definition) is 0. The van der Waals surface area contributed by atoms with E-state index in [0.717, 1.165) is 29.0 Å². The smallest absolute Gasteiger partial charge is 0.137 e. The number of methoxy groups -OCH3 is 1. The molecule has 0 radical (unpaired) electrons. The molecule has 0 bridgehead atoms. The van der Waals surface area contributed by atoms with Crippen molar-refractivity contribution in [3.05, 3.63) is 59.5 Å². The van der Waals surface area contributed by atoms with E-state index in [2.05, 4.69) is 34.4 Å². The first-order valence-electron chi connectivity index (χ1n) is 6.65. The van der Waals surface area contributed by atoms with Gasteiger partial charge in [0.05, 0.1) is 34.7 Å². The van der Waals surface area contributed by atoms with Gasteiger partial charge in [-0.15, -0.1) is 11.3 Å². The van der Waals surface area contributed by atoms with Gasteiger partial charge in [-0.2, -0.15) is 0 Å². The Morgan fingerprint density at radius 1 is 1.19 bits per heavy atom. The molecule has 0 saturated carbocycles. The summed E-state index contributed by atoms with van der Waals surface area (Å²) in [4.78, 5) is 8.95. The molecule has 0 aliphatic carbocycles. The van der Waals surface area contributed by atoms with Crippen LogP contribution in [-0.4, -0.2) is 21.5 Å². The van der Waals surface area contributed by atoms with Crippen LogP contribution in [0.5, 0.6) is 5.75 Å². The second-order valence-electron chi connectivity index (χ2n) is 4.90. The van der Waals surface area contributed by atoms with E-state index in [0.29, 0.717) is 0 Å². The number of ether oxygens (including phenoxy) is 1. The molecule has 4 rings (SSSR count). The highest BCUT2D eigenvalue weighted by Gasteiger charge is 2.05. The number of nitrogens with zero attached hydrogens (tertiary/aromatic N) is 3. The molecule has 0 aliphatic rings. The third-order valence-electron chi connectivity index (χ3n) is 3.49. The van der Waals surface area contributed by atoms with Crippen molar-refractivity contribution in [1.29, 1.82) is 0 Å². The summed E-state index contributed by atoms with van der Waals surface area (Å²) in [6, 6.07) is 10.3. The average molecular weight is 295 g/mol. The van der Waals surface area contributed by atoms with Gasteiger partial charge >= 0.3 is 0 Å². The maximum absolute atomic E-state index is 5.23. The molecule has 3 aromatic heterocycles. The van der Waals surface area contributed by atoms with Crippen LogP contribution in [0.15, 0.2) is 48.2 Å². The van der Waals surface area contributed by atoms with E-state index in [1.165, 1.54) is 10.3 Å². The van der Waals surface area contributed by atoms with E-state index >= 15 is 0 Å². The van der Waals surface area contributed by atoms with Gasteiger partial charge in [0.2, 0.25) is 0 Å². The van der Waals surface area contributed by atoms with Gasteiger partial charge < -0.3 is 9.14 Å². The zero-order valence-electron chi connectivity index (χ0n) is 11.5. The summed E-state index contributed by atoms with van der Waals surface area (Å²) in [6.45, 7) is 0. The van der Waals surface area contributed by atoms with Crippen molar-refractivity contribution in [3.63, 3.8) is 0 Å². The molecule has 0 unspecified atom stereocenters. The molecular formula is C16H13N3OS. The lowest BCUT2D eigenvalue weighted by Crippen LogP contribution is -1.87. The van der Waals surface area contributed by atoms with Crippen molar-refractivity contribution in [2.45, 2.75) is 6.42 Å². The van der Waals surface area contributed by atoms with Crippen LogP contribution < -0.4 is 4.74 Å². The van der Waals surface area contributed by atoms with Crippen LogP contribution in [0.25, 0.3) is 15.9 Å². The van der Waals surface area contributed by atoms with Gasteiger partial charge in [0.1, 0.15) is 11.4 Å². The molecule has 0 N–H and O–H groups in total. The van der Waals surface area contributed by atoms with Crippen LogP contribution in [0.3, 0.4) is 0 Å². The van der Waals surface area contributed by atoms with E-state index in [-0.39, 0.29) is 0 Å². The number of fused-ring (bicyclic) bond motifs is 2. The van der Waals surface area contributed by atoms with Gasteiger partial charge in [-0.1, -0.05) is 6.07 Å². The third kappa shape index (κ3) is 2.25. The predicted octanol–water partition coefficient (Wildman–Crippen LogP) is 3.54. The summed E-state index contributed by atoms with van der Waals surface area (Å²) < 4.78 is 8.45. The minimum Gasteiger partial charge on any atom is -0.495 e. The quantitative estimate of drug-likeness (QED) is 0.580. The summed E-state index contributed by atoms with van der Waals surface area (Å²) in [5.41, 5.74) is 6.17. The number of hydrogen-bond acceptors (Lipinski definition) is 4. The molecule has 0 amide bonds. The van der Waals surface area contributed by atoms with E-state index in [4.69, 9.17) is 4.74 Å². The van der Waals surface area contributed by atoms with Gasteiger partial charge in [-0.25, -0.2) is 9.97 Å². The van der Waals surface area contributed by atoms with Crippen molar-refractivity contribution < 1.29 is 4.74 Å². The standard InChI is InChI=1S/C16H13N3OS/c1-20-13-3-5-16-18-12(8-19(16)9-13)6-11-2-4-14-15(7-11)21-10-17-14/h2-5,7-10H,6H2,1H3. The highest BCUT2D eigenvalue weighted by molar-refractivity contribution is 7.16. The fraction of sp³-hybridized carbons (Fsp3) is 0.125. The van der Waals surface area contributed by atoms with Gasteiger partial charge in [0.25, 0.3) is 0 Å². The SMILES string of the molecule is COc1ccc2nc(Cc3ccc4ncsc4c3)cn2c1. The Labute approximate surface area is 125 Å². The highest BCUT2D eigenvalue weighted by Crippen LogP contribution is 2.21. The second kappa shape index (κ2) is 4.86. The molecule has 5 heteroatoms. The lowest BCUT2D eigenvalue weighted by molar-refractivity contribution is 0.412. The molecule has 104 valence electrons. The number of thiazole rings is 1. The van der Waals surface area contributed by atoms with E-state index in [9.17, 15) is 0 Å². The topological polar surface area (TPSA) is 39.4 Å². The Hall–Kier alpha value is -2.40. The normalized spacial score (nSPS) is 11.3. The zero-order chi connectivity index (χ0) is 14.2. The first kappa shape index (κ1) is 12.3. The van der Waals surface area contributed by atoms with Gasteiger partial charge in [-0.05, 0) is 29.8 Å². The maximum Gasteiger partial charge on any atom is 0.137 e. The lowest BCUT2D eigenvalue weighted by atomic mass is 10.1. The van der Waals surface area contributed by atoms with Crippen LogP contribution in [-0.2, 0) is 6.42 Å². The Balaban J connectivity index is 1.69. The van der Waals surface area contributed by atoms with Crippen LogP contribution in [0.2, 0.25) is 0 Å². The van der Waals surface area contributed by atoms with Gasteiger partial charge in [0, 0.05) is 12.6 Å². The minimum atomic E-state index is 0.817. The molecule has 3 heterocycles. The Morgan fingerprint density at radius 2 is 2.14 bits per heavy atom. The average Bonchev–Trinajstić information content (AvgIpc) is 3.11. The monoisotopic (exact) mass is 295 g/mol. The molecule has 0 spiro atoms. The van der Waals surface area contributed by atoms with Crippen molar-refractivity contribution >= 4 is 27.2 Å². The van der Waals surface area contributed by atoms with E-state index in [1.807, 2.05) is 28.2 Å². The zero-order valence-corrected chi connectivity index (χ0v) is 12.3. The number of aromatic nitrogens is 3. The summed E-state index contributed by atoms with van der Waals surface area (Å²) in [5.74, 6) is 0.831. The van der Waals surface area contributed by atoms with Gasteiger partial charge in [0.15, 0.2) is 0 Å². The molecule has 21 heavy (non-hydrogen) atoms. The van der Waals surface area contributed by atoms with Crippen LogP contribution in [0.1, 0.15) is 11.3 Å². The summed E-state index contributed by atoms with van der Waals surface area (Å²) >= 11 is 1.67. The number of pyridine rings is 1. The van der Waals surface area contributed by atoms with Crippen LogP contribution in [0.4, 0.5) is 0 Å².